The van der Waals surface area contributed by atoms with Crippen LogP contribution in [0.1, 0.15) is 11.8 Å². The van der Waals surface area contributed by atoms with Crippen LogP contribution >= 0.6 is 0 Å². The Labute approximate surface area is 107 Å². The van der Waals surface area contributed by atoms with E-state index in [2.05, 4.69) is 4.98 Å². The lowest BCUT2D eigenvalue weighted by molar-refractivity contribution is -0.0551. The van der Waals surface area contributed by atoms with Gasteiger partial charge >= 0.3 is 5.69 Å². The van der Waals surface area contributed by atoms with Gasteiger partial charge in [0.2, 0.25) is 0 Å². The van der Waals surface area contributed by atoms with Gasteiger partial charge in [-0.3, -0.25) is 14.3 Å². The predicted octanol–water partition coefficient (Wildman–Crippen LogP) is -3.37. The van der Waals surface area contributed by atoms with E-state index in [0.29, 0.717) is 0 Å². The summed E-state index contributed by atoms with van der Waals surface area (Å²) in [5.41, 5.74) is -1.00. The van der Waals surface area contributed by atoms with Gasteiger partial charge in [0.05, 0.1) is 6.61 Å². The van der Waals surface area contributed by atoms with E-state index in [1.807, 2.05) is 0 Å². The molecule has 1 aliphatic heterocycles. The smallest absolute Gasteiger partial charge is 0.330 e. The quantitative estimate of drug-likeness (QED) is 0.441. The van der Waals surface area contributed by atoms with Crippen LogP contribution in [0, 0.1) is 6.92 Å². The number of rotatable bonds is 2. The lowest BCUT2D eigenvalue weighted by Gasteiger charge is -2.17. The fraction of sp³-hybridized carbons (Fsp3) is 0.600. The summed E-state index contributed by atoms with van der Waals surface area (Å²) in [5, 5.41) is 28.3. The first-order valence-electron chi connectivity index (χ1n) is 5.40. The number of hydrogen-bond donors (Lipinski definition) is 4. The Kier molecular flexibility index (Phi) is 4.61. The maximum Gasteiger partial charge on any atom is 0.330 e. The third-order valence-corrected chi connectivity index (χ3v) is 2.94. The van der Waals surface area contributed by atoms with Gasteiger partial charge in [-0.1, -0.05) is 0 Å². The molecule has 9 nitrogen and oxygen atoms in total. The molecule has 1 aromatic heterocycles. The van der Waals surface area contributed by atoms with E-state index < -0.39 is 42.4 Å². The summed E-state index contributed by atoms with van der Waals surface area (Å²) in [7, 11) is 0. The SMILES string of the molecule is Cc1cn([C@@H]2O[C@H](CO)[C@@H](O)[C@H]2O)c(=O)[nH]c1=O.O. The fourth-order valence-electron chi connectivity index (χ4n) is 1.88. The van der Waals surface area contributed by atoms with Crippen LogP contribution in [0.15, 0.2) is 15.8 Å². The molecule has 2 rings (SSSR count). The van der Waals surface area contributed by atoms with Crippen LogP contribution in [-0.4, -0.2) is 55.3 Å². The third-order valence-electron chi connectivity index (χ3n) is 2.94. The molecule has 0 saturated carbocycles. The van der Waals surface area contributed by atoms with Gasteiger partial charge in [-0.25, -0.2) is 4.79 Å². The third kappa shape index (κ3) is 2.60. The van der Waals surface area contributed by atoms with Crippen molar-refractivity contribution in [1.82, 2.24) is 9.55 Å². The summed E-state index contributed by atoms with van der Waals surface area (Å²) in [5.74, 6) is 0. The highest BCUT2D eigenvalue weighted by molar-refractivity contribution is 5.03. The average Bonchev–Trinajstić information content (AvgIpc) is 2.61. The van der Waals surface area contributed by atoms with Crippen LogP contribution in [0.5, 0.6) is 0 Å². The van der Waals surface area contributed by atoms with Gasteiger partial charge in [0.1, 0.15) is 18.3 Å². The van der Waals surface area contributed by atoms with E-state index in [-0.39, 0.29) is 11.0 Å². The number of aliphatic hydroxyl groups excluding tert-OH is 3. The van der Waals surface area contributed by atoms with Crippen LogP contribution in [0.2, 0.25) is 0 Å². The molecule has 0 bridgehead atoms. The molecule has 1 saturated heterocycles. The number of nitrogens with zero attached hydrogens (tertiary/aromatic N) is 1. The molecule has 108 valence electrons. The number of aliphatic hydroxyl groups is 3. The second kappa shape index (κ2) is 5.63. The average molecular weight is 276 g/mol. The summed E-state index contributed by atoms with van der Waals surface area (Å²) in [6.45, 7) is 1.02. The van der Waals surface area contributed by atoms with E-state index in [0.717, 1.165) is 4.57 Å². The number of nitrogens with one attached hydrogen (secondary N) is 1. The minimum Gasteiger partial charge on any atom is -0.412 e. The van der Waals surface area contributed by atoms with Crippen molar-refractivity contribution in [3.63, 3.8) is 0 Å². The van der Waals surface area contributed by atoms with Crippen LogP contribution in [-0.2, 0) is 4.74 Å². The van der Waals surface area contributed by atoms with Crippen LogP contribution in [0.3, 0.4) is 0 Å². The molecule has 2 heterocycles. The maximum atomic E-state index is 11.6. The predicted molar refractivity (Wildman–Crippen MR) is 62.7 cm³/mol. The van der Waals surface area contributed by atoms with Crippen molar-refractivity contribution in [3.8, 4) is 0 Å². The molecule has 9 heteroatoms. The Bertz CT molecular complexity index is 552. The van der Waals surface area contributed by atoms with Crippen molar-refractivity contribution in [2.75, 3.05) is 6.61 Å². The lowest BCUT2D eigenvalue weighted by Crippen LogP contribution is -2.38. The zero-order chi connectivity index (χ0) is 13.4. The zero-order valence-electron chi connectivity index (χ0n) is 10.1. The van der Waals surface area contributed by atoms with Gasteiger partial charge in [0, 0.05) is 11.8 Å². The molecular formula is C10H16N2O7. The van der Waals surface area contributed by atoms with Gasteiger partial charge < -0.3 is 25.5 Å². The second-order valence-corrected chi connectivity index (χ2v) is 4.21. The number of aryl methyl sites for hydroxylation is 1. The van der Waals surface area contributed by atoms with Crippen molar-refractivity contribution in [1.29, 1.82) is 0 Å². The van der Waals surface area contributed by atoms with Crippen LogP contribution in [0.4, 0.5) is 0 Å². The van der Waals surface area contributed by atoms with Crippen LogP contribution < -0.4 is 11.2 Å². The molecule has 0 aromatic carbocycles. The van der Waals surface area contributed by atoms with Crippen LogP contribution in [0.25, 0.3) is 0 Å². The van der Waals surface area contributed by atoms with Crippen molar-refractivity contribution < 1.29 is 25.5 Å². The molecule has 6 N–H and O–H groups in total. The number of aromatic amines is 1. The Morgan fingerprint density at radius 3 is 2.53 bits per heavy atom. The van der Waals surface area contributed by atoms with E-state index in [1.165, 1.54) is 13.1 Å². The van der Waals surface area contributed by atoms with E-state index in [4.69, 9.17) is 9.84 Å². The van der Waals surface area contributed by atoms with Gasteiger partial charge in [0.15, 0.2) is 6.23 Å². The first-order valence-corrected chi connectivity index (χ1v) is 5.40. The molecule has 0 aliphatic carbocycles. The zero-order valence-corrected chi connectivity index (χ0v) is 10.1. The molecule has 0 unspecified atom stereocenters. The first kappa shape index (κ1) is 15.5. The Balaban J connectivity index is 0.00000180. The molecule has 4 atom stereocenters. The molecule has 0 spiro atoms. The number of H-pyrrole nitrogens is 1. The summed E-state index contributed by atoms with van der Waals surface area (Å²) >= 11 is 0. The van der Waals surface area contributed by atoms with Gasteiger partial charge in [-0.2, -0.15) is 0 Å². The van der Waals surface area contributed by atoms with E-state index in [9.17, 15) is 19.8 Å². The highest BCUT2D eigenvalue weighted by atomic mass is 16.6. The number of hydrogen-bond acceptors (Lipinski definition) is 6. The summed E-state index contributed by atoms with van der Waals surface area (Å²) in [6, 6.07) is 0. The second-order valence-electron chi connectivity index (χ2n) is 4.21. The largest absolute Gasteiger partial charge is 0.412 e. The number of ether oxygens (including phenoxy) is 1. The maximum absolute atomic E-state index is 11.6. The summed E-state index contributed by atoms with van der Waals surface area (Å²) in [6.07, 6.45) is -3.52. The van der Waals surface area contributed by atoms with Gasteiger partial charge in [0.25, 0.3) is 5.56 Å². The molecule has 1 fully saturated rings. The highest BCUT2D eigenvalue weighted by Crippen LogP contribution is 2.27. The Morgan fingerprint density at radius 2 is 2.00 bits per heavy atom. The highest BCUT2D eigenvalue weighted by Gasteiger charge is 2.43. The van der Waals surface area contributed by atoms with Crippen molar-refractivity contribution in [3.05, 3.63) is 32.6 Å². The Hall–Kier alpha value is -1.52. The fourth-order valence-corrected chi connectivity index (χ4v) is 1.88. The van der Waals surface area contributed by atoms with Gasteiger partial charge in [-0.05, 0) is 6.92 Å². The van der Waals surface area contributed by atoms with Crippen molar-refractivity contribution in [2.45, 2.75) is 31.5 Å². The van der Waals surface area contributed by atoms with E-state index in [1.54, 1.807) is 0 Å². The van der Waals surface area contributed by atoms with Gasteiger partial charge in [-0.15, -0.1) is 0 Å². The molecule has 0 radical (unpaired) electrons. The molecule has 19 heavy (non-hydrogen) atoms. The first-order chi connectivity index (χ1) is 8.45. The monoisotopic (exact) mass is 276 g/mol. The Morgan fingerprint density at radius 1 is 1.37 bits per heavy atom. The topological polar surface area (TPSA) is 156 Å². The summed E-state index contributed by atoms with van der Waals surface area (Å²) < 4.78 is 6.17. The molecule has 1 aromatic rings. The standard InChI is InChI=1S/C10H14N2O6.H2O/c1-4-2-12(10(17)11-8(4)16)9-7(15)6(14)5(3-13)18-9;/h2,5-7,9,13-15H,3H2,1H3,(H,11,16,17);1H2/t5-,6-,7-,9-;/m1./s1. The minimum absolute atomic E-state index is 0. The van der Waals surface area contributed by atoms with Crippen molar-refractivity contribution in [2.24, 2.45) is 0 Å². The lowest BCUT2D eigenvalue weighted by atomic mass is 10.1. The number of aromatic nitrogens is 2. The molecule has 0 amide bonds. The van der Waals surface area contributed by atoms with Crippen molar-refractivity contribution >= 4 is 0 Å². The molecule has 1 aliphatic rings. The minimum atomic E-state index is -1.36. The normalized spacial score (nSPS) is 30.1. The van der Waals surface area contributed by atoms with E-state index >= 15 is 0 Å². The summed E-state index contributed by atoms with van der Waals surface area (Å²) in [4.78, 5) is 24.9. The molecular weight excluding hydrogens is 260 g/mol.